The molecule has 1 aliphatic heterocycles. The number of likely N-dealkylation sites (N-methyl/N-ethyl adjacent to an activating group) is 2. The SMILES string of the molecule is CN(C)C(C)(C)CN1CCN(CC(C)(C)N(C)C)CC1. The molecule has 1 fully saturated rings. The molecule has 0 saturated carbocycles. The summed E-state index contributed by atoms with van der Waals surface area (Å²) in [7, 11) is 8.71. The molecule has 0 spiro atoms. The maximum atomic E-state index is 2.61. The van der Waals surface area contributed by atoms with Crippen molar-refractivity contribution in [3.63, 3.8) is 0 Å². The van der Waals surface area contributed by atoms with Crippen LogP contribution in [0.5, 0.6) is 0 Å². The van der Waals surface area contributed by atoms with Crippen molar-refractivity contribution in [2.45, 2.75) is 38.8 Å². The van der Waals surface area contributed by atoms with Crippen molar-refractivity contribution >= 4 is 0 Å². The highest BCUT2D eigenvalue weighted by molar-refractivity contribution is 4.87. The van der Waals surface area contributed by atoms with Gasteiger partial charge in [0.25, 0.3) is 0 Å². The van der Waals surface area contributed by atoms with Gasteiger partial charge >= 0.3 is 0 Å². The lowest BCUT2D eigenvalue weighted by Gasteiger charge is -2.44. The molecule has 1 rings (SSSR count). The molecule has 0 atom stereocenters. The Morgan fingerprint density at radius 1 is 0.650 bits per heavy atom. The predicted octanol–water partition coefficient (Wildman–Crippen LogP) is 1.28. The van der Waals surface area contributed by atoms with E-state index in [4.69, 9.17) is 0 Å². The summed E-state index contributed by atoms with van der Waals surface area (Å²) < 4.78 is 0. The number of piperazine rings is 1. The van der Waals surface area contributed by atoms with E-state index in [2.05, 4.69) is 75.5 Å². The Hall–Kier alpha value is -0.160. The summed E-state index contributed by atoms with van der Waals surface area (Å²) in [5.41, 5.74) is 0.510. The van der Waals surface area contributed by atoms with Crippen LogP contribution < -0.4 is 0 Å². The van der Waals surface area contributed by atoms with Gasteiger partial charge in [-0.25, -0.2) is 0 Å². The summed E-state index contributed by atoms with van der Waals surface area (Å²) in [5.74, 6) is 0. The van der Waals surface area contributed by atoms with Crippen LogP contribution in [0.1, 0.15) is 27.7 Å². The molecule has 1 saturated heterocycles. The van der Waals surface area contributed by atoms with Crippen molar-refractivity contribution < 1.29 is 0 Å². The summed E-state index contributed by atoms with van der Waals surface area (Å²) in [5, 5.41) is 0. The standard InChI is InChI=1S/C16H36N4/c1-15(2,17(5)6)13-19-9-11-20(12-10-19)14-16(3,4)18(7)8/h9-14H2,1-8H3. The smallest absolute Gasteiger partial charge is 0.0274 e. The van der Waals surface area contributed by atoms with E-state index in [1.165, 1.54) is 26.2 Å². The second kappa shape index (κ2) is 6.73. The largest absolute Gasteiger partial charge is 0.303 e. The Labute approximate surface area is 126 Å². The lowest BCUT2D eigenvalue weighted by atomic mass is 10.0. The highest BCUT2D eigenvalue weighted by atomic mass is 15.3. The minimum absolute atomic E-state index is 0.255. The van der Waals surface area contributed by atoms with Crippen molar-refractivity contribution in [3.8, 4) is 0 Å². The Balaban J connectivity index is 2.41. The molecule has 4 nitrogen and oxygen atoms in total. The van der Waals surface area contributed by atoms with Gasteiger partial charge in [-0.2, -0.15) is 0 Å². The first-order valence-electron chi connectivity index (χ1n) is 7.84. The zero-order valence-electron chi connectivity index (χ0n) is 15.0. The molecule has 0 bridgehead atoms. The van der Waals surface area contributed by atoms with Gasteiger partial charge in [0.05, 0.1) is 0 Å². The molecule has 0 unspecified atom stereocenters. The molecule has 0 amide bonds. The molecule has 0 aromatic rings. The lowest BCUT2D eigenvalue weighted by molar-refractivity contribution is 0.0489. The monoisotopic (exact) mass is 284 g/mol. The summed E-state index contributed by atoms with van der Waals surface area (Å²) in [6, 6.07) is 0. The zero-order chi connectivity index (χ0) is 15.6. The average Bonchev–Trinajstić information content (AvgIpc) is 2.30. The summed E-state index contributed by atoms with van der Waals surface area (Å²) >= 11 is 0. The van der Waals surface area contributed by atoms with Crippen LogP contribution in [0.25, 0.3) is 0 Å². The number of hydrogen-bond donors (Lipinski definition) is 0. The van der Waals surface area contributed by atoms with Crippen LogP contribution in [0.2, 0.25) is 0 Å². The molecule has 0 radical (unpaired) electrons. The lowest BCUT2D eigenvalue weighted by Crippen LogP contribution is -2.57. The van der Waals surface area contributed by atoms with Crippen LogP contribution in [0.3, 0.4) is 0 Å². The van der Waals surface area contributed by atoms with Gasteiger partial charge in [-0.3, -0.25) is 9.80 Å². The van der Waals surface area contributed by atoms with E-state index in [-0.39, 0.29) is 11.1 Å². The molecule has 0 aromatic carbocycles. The predicted molar refractivity (Wildman–Crippen MR) is 88.4 cm³/mol. The van der Waals surface area contributed by atoms with Gasteiger partial charge < -0.3 is 9.80 Å². The average molecular weight is 284 g/mol. The first kappa shape index (κ1) is 17.9. The zero-order valence-corrected chi connectivity index (χ0v) is 15.0. The third-order valence-corrected chi connectivity index (χ3v) is 5.11. The van der Waals surface area contributed by atoms with Crippen LogP contribution in [0.4, 0.5) is 0 Å². The molecular weight excluding hydrogens is 248 g/mol. The molecular formula is C16H36N4. The minimum Gasteiger partial charge on any atom is -0.303 e. The topological polar surface area (TPSA) is 13.0 Å². The van der Waals surface area contributed by atoms with Gasteiger partial charge in [-0.15, -0.1) is 0 Å². The third-order valence-electron chi connectivity index (χ3n) is 5.11. The number of rotatable bonds is 6. The van der Waals surface area contributed by atoms with Crippen LogP contribution in [-0.4, -0.2) is 98.1 Å². The molecule has 0 N–H and O–H groups in total. The fourth-order valence-corrected chi connectivity index (χ4v) is 2.48. The van der Waals surface area contributed by atoms with E-state index >= 15 is 0 Å². The van der Waals surface area contributed by atoms with Gasteiger partial charge in [-0.1, -0.05) is 0 Å². The van der Waals surface area contributed by atoms with E-state index in [0.717, 1.165) is 13.1 Å². The first-order chi connectivity index (χ1) is 9.04. The Kier molecular flexibility index (Phi) is 6.02. The van der Waals surface area contributed by atoms with Crippen molar-refractivity contribution in [3.05, 3.63) is 0 Å². The molecule has 120 valence electrons. The minimum atomic E-state index is 0.255. The summed E-state index contributed by atoms with van der Waals surface area (Å²) in [6.07, 6.45) is 0. The molecule has 20 heavy (non-hydrogen) atoms. The van der Waals surface area contributed by atoms with Crippen molar-refractivity contribution in [1.29, 1.82) is 0 Å². The molecule has 4 heteroatoms. The van der Waals surface area contributed by atoms with E-state index < -0.39 is 0 Å². The van der Waals surface area contributed by atoms with E-state index in [0.29, 0.717) is 0 Å². The molecule has 1 aliphatic rings. The fourth-order valence-electron chi connectivity index (χ4n) is 2.48. The maximum absolute atomic E-state index is 2.61. The Bertz CT molecular complexity index is 259. The van der Waals surface area contributed by atoms with Gasteiger partial charge in [-0.05, 0) is 55.9 Å². The van der Waals surface area contributed by atoms with Crippen LogP contribution in [0.15, 0.2) is 0 Å². The second-order valence-electron chi connectivity index (χ2n) is 7.97. The van der Waals surface area contributed by atoms with Crippen LogP contribution in [-0.2, 0) is 0 Å². The van der Waals surface area contributed by atoms with Gasteiger partial charge in [0.15, 0.2) is 0 Å². The van der Waals surface area contributed by atoms with E-state index in [1.54, 1.807) is 0 Å². The number of hydrogen-bond acceptors (Lipinski definition) is 4. The first-order valence-corrected chi connectivity index (χ1v) is 7.84. The Morgan fingerprint density at radius 3 is 1.10 bits per heavy atom. The maximum Gasteiger partial charge on any atom is 0.0274 e. The highest BCUT2D eigenvalue weighted by Crippen LogP contribution is 2.17. The van der Waals surface area contributed by atoms with E-state index in [9.17, 15) is 0 Å². The fraction of sp³-hybridized carbons (Fsp3) is 1.00. The Morgan fingerprint density at radius 2 is 0.900 bits per heavy atom. The molecule has 1 heterocycles. The van der Waals surface area contributed by atoms with Crippen molar-refractivity contribution in [2.24, 2.45) is 0 Å². The van der Waals surface area contributed by atoms with Crippen molar-refractivity contribution in [1.82, 2.24) is 19.6 Å². The van der Waals surface area contributed by atoms with Gasteiger partial charge in [0.2, 0.25) is 0 Å². The second-order valence-corrected chi connectivity index (χ2v) is 7.97. The van der Waals surface area contributed by atoms with Crippen LogP contribution in [0, 0.1) is 0 Å². The quantitative estimate of drug-likeness (QED) is 0.728. The molecule has 0 aromatic heterocycles. The van der Waals surface area contributed by atoms with Gasteiger partial charge in [0.1, 0.15) is 0 Å². The summed E-state index contributed by atoms with van der Waals surface area (Å²) in [4.78, 5) is 9.88. The summed E-state index contributed by atoms with van der Waals surface area (Å²) in [6.45, 7) is 16.4. The van der Waals surface area contributed by atoms with Crippen LogP contribution >= 0.6 is 0 Å². The normalized spacial score (nSPS) is 20.1. The molecule has 0 aliphatic carbocycles. The van der Waals surface area contributed by atoms with Crippen molar-refractivity contribution in [2.75, 3.05) is 67.5 Å². The third kappa shape index (κ3) is 4.99. The number of nitrogens with zero attached hydrogens (tertiary/aromatic N) is 4. The highest BCUT2D eigenvalue weighted by Gasteiger charge is 2.29. The van der Waals surface area contributed by atoms with Gasteiger partial charge in [0, 0.05) is 50.3 Å². The van der Waals surface area contributed by atoms with E-state index in [1.807, 2.05) is 0 Å².